The first-order valence-electron chi connectivity index (χ1n) is 9.04. The molecule has 0 atom stereocenters. The van der Waals surface area contributed by atoms with Gasteiger partial charge >= 0.3 is 6.18 Å². The van der Waals surface area contributed by atoms with E-state index in [-0.39, 0.29) is 0 Å². The molecule has 1 N–H and O–H groups in total. The van der Waals surface area contributed by atoms with Crippen LogP contribution in [0.1, 0.15) is 29.5 Å². The summed E-state index contributed by atoms with van der Waals surface area (Å²) in [5.41, 5.74) is 3.45. The molecule has 2 aromatic carbocycles. The quantitative estimate of drug-likeness (QED) is 0.634. The van der Waals surface area contributed by atoms with E-state index in [4.69, 9.17) is 5.10 Å². The van der Waals surface area contributed by atoms with Crippen LogP contribution in [0.25, 0.3) is 16.9 Å². The Balaban J connectivity index is 1.89. The molecule has 140 valence electrons. The minimum absolute atomic E-state index is 0.496. The second-order valence-electron chi connectivity index (χ2n) is 6.89. The van der Waals surface area contributed by atoms with E-state index < -0.39 is 11.7 Å². The number of rotatable bonds is 2. The minimum atomic E-state index is -4.37. The number of alkyl halides is 3. The Hall–Kier alpha value is -2.76. The zero-order chi connectivity index (χ0) is 19.0. The van der Waals surface area contributed by atoms with Gasteiger partial charge in [-0.2, -0.15) is 18.3 Å². The molecule has 1 aliphatic rings. The fourth-order valence-electron chi connectivity index (χ4n) is 3.52. The van der Waals surface area contributed by atoms with Crippen molar-refractivity contribution in [2.24, 2.45) is 0 Å². The molecule has 6 heteroatoms. The number of anilines is 1. The van der Waals surface area contributed by atoms with E-state index >= 15 is 0 Å². The van der Waals surface area contributed by atoms with Crippen LogP contribution in [0, 0.1) is 6.92 Å². The molecular formula is C21H20F3N3. The van der Waals surface area contributed by atoms with Gasteiger partial charge < -0.3 is 5.32 Å². The van der Waals surface area contributed by atoms with E-state index in [0.717, 1.165) is 54.5 Å². The van der Waals surface area contributed by atoms with E-state index in [1.165, 1.54) is 12.1 Å². The molecule has 0 amide bonds. The standard InChI is InChI=1S/C21H20F3N3/c1-14-6-4-9-17(12-14)27-20-18(10-2-3-11-25-20)19(26-27)15-7-5-8-16(13-15)21(22,23)24/h4-9,12-13,25H,2-3,10-11H2,1H3. The van der Waals surface area contributed by atoms with Gasteiger partial charge in [0.15, 0.2) is 0 Å². The summed E-state index contributed by atoms with van der Waals surface area (Å²) in [5.74, 6) is 0.880. The number of hydrogen-bond donors (Lipinski definition) is 1. The van der Waals surface area contributed by atoms with Crippen molar-refractivity contribution >= 4 is 5.82 Å². The van der Waals surface area contributed by atoms with Crippen LogP contribution in [-0.4, -0.2) is 16.3 Å². The SMILES string of the molecule is Cc1cccc(-n2nc(-c3cccc(C(F)(F)F)c3)c3c2NCCCC3)c1. The maximum absolute atomic E-state index is 13.2. The molecule has 2 heterocycles. The van der Waals surface area contributed by atoms with E-state index in [1.807, 2.05) is 35.9 Å². The van der Waals surface area contributed by atoms with Crippen molar-refractivity contribution in [3.63, 3.8) is 0 Å². The first-order valence-corrected chi connectivity index (χ1v) is 9.04. The van der Waals surface area contributed by atoms with E-state index in [1.54, 1.807) is 6.07 Å². The number of benzene rings is 2. The Morgan fingerprint density at radius 3 is 2.63 bits per heavy atom. The molecule has 3 nitrogen and oxygen atoms in total. The molecule has 4 rings (SSSR count). The maximum atomic E-state index is 13.2. The lowest BCUT2D eigenvalue weighted by Crippen LogP contribution is -2.07. The zero-order valence-electron chi connectivity index (χ0n) is 15.0. The molecule has 27 heavy (non-hydrogen) atoms. The zero-order valence-corrected chi connectivity index (χ0v) is 15.0. The minimum Gasteiger partial charge on any atom is -0.370 e. The first-order chi connectivity index (χ1) is 12.9. The molecule has 0 unspecified atom stereocenters. The lowest BCUT2D eigenvalue weighted by atomic mass is 10.0. The maximum Gasteiger partial charge on any atom is 0.416 e. The van der Waals surface area contributed by atoms with Crippen molar-refractivity contribution in [1.82, 2.24) is 9.78 Å². The number of nitrogens with one attached hydrogen (secondary N) is 1. The molecule has 0 radical (unpaired) electrons. The molecule has 3 aromatic rings. The number of aromatic nitrogens is 2. The van der Waals surface area contributed by atoms with Crippen molar-refractivity contribution < 1.29 is 13.2 Å². The van der Waals surface area contributed by atoms with Crippen LogP contribution in [0.3, 0.4) is 0 Å². The first kappa shape index (κ1) is 17.6. The van der Waals surface area contributed by atoms with E-state index in [2.05, 4.69) is 5.32 Å². The van der Waals surface area contributed by atoms with Crippen molar-refractivity contribution in [1.29, 1.82) is 0 Å². The predicted octanol–water partition coefficient (Wildman–Crippen LogP) is 5.61. The van der Waals surface area contributed by atoms with Gasteiger partial charge in [-0.3, -0.25) is 0 Å². The van der Waals surface area contributed by atoms with E-state index in [9.17, 15) is 13.2 Å². The predicted molar refractivity (Wildman–Crippen MR) is 100 cm³/mol. The molecule has 0 bridgehead atoms. The van der Waals surface area contributed by atoms with Crippen LogP contribution >= 0.6 is 0 Å². The van der Waals surface area contributed by atoms with Crippen LogP contribution in [-0.2, 0) is 12.6 Å². The van der Waals surface area contributed by atoms with Crippen molar-refractivity contribution in [3.05, 3.63) is 65.2 Å². The van der Waals surface area contributed by atoms with Crippen LogP contribution < -0.4 is 5.32 Å². The molecular weight excluding hydrogens is 351 g/mol. The van der Waals surface area contributed by atoms with Gasteiger partial charge in [-0.05, 0) is 56.0 Å². The molecule has 0 spiro atoms. The fraction of sp³-hybridized carbons (Fsp3) is 0.286. The Kier molecular flexibility index (Phi) is 4.42. The summed E-state index contributed by atoms with van der Waals surface area (Å²) >= 11 is 0. The van der Waals surface area contributed by atoms with Gasteiger partial charge in [0.2, 0.25) is 0 Å². The largest absolute Gasteiger partial charge is 0.416 e. The molecule has 0 saturated carbocycles. The van der Waals surface area contributed by atoms with Gasteiger partial charge in [-0.25, -0.2) is 4.68 Å². The van der Waals surface area contributed by atoms with Gasteiger partial charge in [0.25, 0.3) is 0 Å². The third kappa shape index (κ3) is 3.44. The summed E-state index contributed by atoms with van der Waals surface area (Å²) in [4.78, 5) is 0. The summed E-state index contributed by atoms with van der Waals surface area (Å²) in [6.45, 7) is 2.83. The lowest BCUT2D eigenvalue weighted by molar-refractivity contribution is -0.137. The number of halogens is 3. The van der Waals surface area contributed by atoms with Gasteiger partial charge in [-0.15, -0.1) is 0 Å². The third-order valence-electron chi connectivity index (χ3n) is 4.84. The van der Waals surface area contributed by atoms with Gasteiger partial charge in [-0.1, -0.05) is 24.3 Å². The van der Waals surface area contributed by atoms with Crippen molar-refractivity contribution in [3.8, 4) is 16.9 Å². The fourth-order valence-corrected chi connectivity index (χ4v) is 3.52. The summed E-state index contributed by atoms with van der Waals surface area (Å²) in [7, 11) is 0. The second kappa shape index (κ2) is 6.76. The van der Waals surface area contributed by atoms with Crippen molar-refractivity contribution in [2.75, 3.05) is 11.9 Å². The summed E-state index contributed by atoms with van der Waals surface area (Å²) in [5, 5.41) is 8.15. The Morgan fingerprint density at radius 2 is 1.85 bits per heavy atom. The Morgan fingerprint density at radius 1 is 1.04 bits per heavy atom. The van der Waals surface area contributed by atoms with E-state index in [0.29, 0.717) is 11.3 Å². The smallest absolute Gasteiger partial charge is 0.370 e. The number of fused-ring (bicyclic) bond motifs is 1. The lowest BCUT2D eigenvalue weighted by Gasteiger charge is -2.09. The average molecular weight is 371 g/mol. The van der Waals surface area contributed by atoms with Crippen LogP contribution in [0.5, 0.6) is 0 Å². The number of nitrogens with zero attached hydrogens (tertiary/aromatic N) is 2. The molecule has 1 aliphatic heterocycles. The van der Waals surface area contributed by atoms with Gasteiger partial charge in [0, 0.05) is 17.7 Å². The van der Waals surface area contributed by atoms with Crippen molar-refractivity contribution in [2.45, 2.75) is 32.4 Å². The summed E-state index contributed by atoms with van der Waals surface area (Å²) < 4.78 is 41.3. The monoisotopic (exact) mass is 371 g/mol. The van der Waals surface area contributed by atoms with Crippen LogP contribution in [0.15, 0.2) is 48.5 Å². The number of aryl methyl sites for hydroxylation is 1. The highest BCUT2D eigenvalue weighted by Gasteiger charge is 2.31. The second-order valence-corrected chi connectivity index (χ2v) is 6.89. The molecule has 0 fully saturated rings. The molecule has 0 saturated heterocycles. The highest BCUT2D eigenvalue weighted by Crippen LogP contribution is 2.37. The number of hydrogen-bond acceptors (Lipinski definition) is 2. The summed E-state index contributed by atoms with van der Waals surface area (Å²) in [6, 6.07) is 13.4. The van der Waals surface area contributed by atoms with Crippen LogP contribution in [0.2, 0.25) is 0 Å². The van der Waals surface area contributed by atoms with Gasteiger partial charge in [0.05, 0.1) is 16.9 Å². The Labute approximate surface area is 155 Å². The third-order valence-corrected chi connectivity index (χ3v) is 4.84. The highest BCUT2D eigenvalue weighted by molar-refractivity contribution is 5.72. The highest BCUT2D eigenvalue weighted by atomic mass is 19.4. The summed E-state index contributed by atoms with van der Waals surface area (Å²) in [6.07, 6.45) is -1.58. The molecule has 1 aromatic heterocycles. The normalized spacial score (nSPS) is 14.4. The average Bonchev–Trinajstić information content (AvgIpc) is 2.82. The van der Waals surface area contributed by atoms with Gasteiger partial charge in [0.1, 0.15) is 5.82 Å². The van der Waals surface area contributed by atoms with Crippen LogP contribution in [0.4, 0.5) is 19.0 Å². The Bertz CT molecular complexity index is 973. The molecule has 0 aliphatic carbocycles. The topological polar surface area (TPSA) is 29.9 Å².